The highest BCUT2D eigenvalue weighted by Crippen LogP contribution is 2.68. The third-order valence-electron chi connectivity index (χ3n) is 28.1. The first-order valence-electron chi connectivity index (χ1n) is 46.9. The summed E-state index contributed by atoms with van der Waals surface area (Å²) in [7, 11) is 0. The Morgan fingerprint density at radius 3 is 1.12 bits per heavy atom. The minimum atomic E-state index is -0.711. The molecule has 6 amide bonds. The van der Waals surface area contributed by atoms with Gasteiger partial charge in [0, 0.05) is 53.0 Å². The molecule has 6 N–H and O–H groups in total. The van der Waals surface area contributed by atoms with E-state index in [2.05, 4.69) is 135 Å². The number of aromatic nitrogens is 16. The highest BCUT2D eigenvalue weighted by atomic mass is 16.7. The van der Waals surface area contributed by atoms with E-state index in [1.807, 2.05) is 118 Å². The summed E-state index contributed by atoms with van der Waals surface area (Å²) in [6, 6.07) is 36.7. The van der Waals surface area contributed by atoms with Crippen molar-refractivity contribution in [1.82, 2.24) is 78.1 Å². The van der Waals surface area contributed by atoms with Gasteiger partial charge in [-0.2, -0.15) is 29.9 Å². The topological polar surface area (TPSA) is 464 Å². The molecule has 1 spiro atoms. The van der Waals surface area contributed by atoms with Gasteiger partial charge in [-0.1, -0.05) is 203 Å². The summed E-state index contributed by atoms with van der Waals surface area (Å²) < 4.78 is 69.4. The lowest BCUT2D eigenvalue weighted by atomic mass is 9.82. The molecule has 8 saturated heterocycles. The zero-order valence-electron chi connectivity index (χ0n) is 80.0. The van der Waals surface area contributed by atoms with E-state index in [1.54, 1.807) is 111 Å². The molecule has 16 atom stereocenters. The first kappa shape index (κ1) is 94.9. The number of carbonyl (C=O) groups is 6. The normalized spacial score (nSPS) is 26.1. The molecule has 9 fully saturated rings. The lowest BCUT2D eigenvalue weighted by Crippen LogP contribution is -2.46. The molecule has 1 aliphatic carbocycles. The number of carbonyl (C=O) groups excluding carboxylic acids is 6. The zero-order chi connectivity index (χ0) is 98.5. The molecule has 1 saturated carbocycles. The standard InChI is InChI=1S/C32H34N6O5.C31H32N6O5.2C18H23N5O4.4H2/c1-5-32-20(4)24(42-31(32)16-17-31)28(43-32)37-18-33-23-25(37)34-29(35-26(39)19(2)3)36-27(23)41-30(40)38(21-12-8-6-9-13-21)22-14-10-7-11-15-22;1-6-31-19(4)24(40-20(31)5)28(42-31)36-17-32-23-25(36)33-29(34-26(38)18(2)3)35-27(23)41-30(39)37(21-13-9-7-10-14-21)22-15-11-8-12-16-22;1-6-18-9(4)12(26-10(18)5)16(27-18)23-7-19-13-11(23)15(25)22-17(20-13)21-14(24)8(2)3;1-6-18-9(4)12(26-10(18)5)16(27-18)23-7-19-11-13(23)20-17(22-15(11)25)21-14(24)8(2)3;;;;/h6-15,18-20,24,28H,5,16-17H2,1-4H3,(H,34,35,36,39);7-19,24,28H,5-6H2,1-4H3,(H,33,34,35,38);2*7-9,12,16H,5-6H2,1-4H3,(H2,20,21,22,24,25);4*1H/t20?,24-,28+,32+;19?,24-,28+,31+;2*9?,12-,16+,18+;;;;/m0000..../s1. The molecule has 9 aliphatic rings. The van der Waals surface area contributed by atoms with Gasteiger partial charge >= 0.3 is 12.2 Å². The number of benzene rings is 4. The van der Waals surface area contributed by atoms with E-state index >= 15 is 0 Å². The predicted molar refractivity (Wildman–Crippen MR) is 519 cm³/mol. The molecule has 0 radical (unpaired) electrons. The molecule has 16 heterocycles. The van der Waals surface area contributed by atoms with Crippen molar-refractivity contribution in [2.24, 2.45) is 47.3 Å². The van der Waals surface area contributed by atoms with Gasteiger partial charge in [-0.15, -0.1) is 0 Å². The van der Waals surface area contributed by atoms with Crippen molar-refractivity contribution < 1.29 is 81.8 Å². The fourth-order valence-electron chi connectivity index (χ4n) is 20.0. The van der Waals surface area contributed by atoms with Crippen molar-refractivity contribution in [1.29, 1.82) is 0 Å². The van der Waals surface area contributed by atoms with Crippen LogP contribution in [0.5, 0.6) is 11.8 Å². The Morgan fingerprint density at radius 1 is 0.417 bits per heavy atom. The lowest BCUT2D eigenvalue weighted by molar-refractivity contribution is -0.223. The van der Waals surface area contributed by atoms with E-state index in [-0.39, 0.29) is 176 Å². The largest absolute Gasteiger partial charge is 0.487 e. The minimum absolute atomic E-state index is 0. The van der Waals surface area contributed by atoms with Crippen LogP contribution in [0.1, 0.15) is 180 Å². The summed E-state index contributed by atoms with van der Waals surface area (Å²) in [5.41, 5.74) is 1.48. The van der Waals surface area contributed by atoms with E-state index in [0.29, 0.717) is 63.4 Å². The van der Waals surface area contributed by atoms with Crippen molar-refractivity contribution in [2.75, 3.05) is 31.1 Å². The molecule has 12 aromatic rings. The molecule has 8 bridgehead atoms. The fourth-order valence-corrected chi connectivity index (χ4v) is 20.0. The van der Waals surface area contributed by atoms with Crippen LogP contribution in [0.3, 0.4) is 0 Å². The summed E-state index contributed by atoms with van der Waals surface area (Å²) in [6.07, 6.45) is 6.75. The van der Waals surface area contributed by atoms with E-state index in [1.165, 1.54) is 22.5 Å². The SMILES string of the molecule is C=C1O[C@H]2C(C)[C@@]1(CC)O[C@H]2n1cnc2c(=O)[nH]c(NC(=O)C(C)C)nc21.C=C1O[C@H]2C(C)[C@@]1(CC)O[C@H]2n1cnc2c(OC(=O)N(c3ccccc3)c3ccccc3)nc(NC(=O)C(C)C)nc21.C=C1O[C@H]2C(C)[C@@]1(CC)O[C@H]2n1cnc2nc(NC(=O)C(C)C)[nH]c(=O)c21.CC[C@]12O[C@@H](n3cnc4c(OC(=O)N(c5ccccc5)c5ccccc5)nc(NC(=O)C(C)C)nc43)[C@@H](OC13CC3)C2C.[HH].[HH].[HH].[HH]. The minimum Gasteiger partial charge on any atom is -0.487 e. The summed E-state index contributed by atoms with van der Waals surface area (Å²) in [5.74, 6) is 0.115. The Bertz CT molecular complexity index is 6890. The molecule has 139 heavy (non-hydrogen) atoms. The van der Waals surface area contributed by atoms with Gasteiger partial charge < -0.3 is 47.4 Å². The van der Waals surface area contributed by atoms with Crippen LogP contribution in [0.15, 0.2) is 193 Å². The van der Waals surface area contributed by atoms with Crippen LogP contribution >= 0.6 is 0 Å². The van der Waals surface area contributed by atoms with E-state index < -0.39 is 65.0 Å². The average molecular weight is 1910 g/mol. The fraction of sp³-hybridized carbons (Fsp3) is 0.434. The average Bonchev–Trinajstić information content (AvgIpc) is 1.50. The number of hydrogen-bond acceptors (Lipinski definition) is 28. The Labute approximate surface area is 804 Å². The highest BCUT2D eigenvalue weighted by molar-refractivity contribution is 6.00. The van der Waals surface area contributed by atoms with Crippen molar-refractivity contribution in [3.8, 4) is 11.8 Å². The third-order valence-corrected chi connectivity index (χ3v) is 28.1. The number of aromatic amines is 2. The van der Waals surface area contributed by atoms with Gasteiger partial charge in [-0.05, 0) is 87.1 Å². The van der Waals surface area contributed by atoms with Gasteiger partial charge in [-0.25, -0.2) is 39.3 Å². The van der Waals surface area contributed by atoms with Crippen molar-refractivity contribution >= 4 is 127 Å². The Hall–Kier alpha value is -14.5. The van der Waals surface area contributed by atoms with Crippen LogP contribution in [0.25, 0.3) is 44.7 Å². The van der Waals surface area contributed by atoms with Gasteiger partial charge in [0.15, 0.2) is 69.6 Å². The Balaban J connectivity index is 0.000000153. The number of nitrogens with zero attached hydrogens (tertiary/aromatic N) is 16. The number of fused-ring (bicyclic) bond motifs is 13. The number of rotatable bonds is 22. The maximum absolute atomic E-state index is 13.8. The molecule has 21 rings (SSSR count). The van der Waals surface area contributed by atoms with Crippen LogP contribution in [-0.2, 0) is 57.1 Å². The Kier molecular flexibility index (Phi) is 25.1. The van der Waals surface area contributed by atoms with Crippen LogP contribution in [0.2, 0.25) is 0 Å². The molecule has 8 aromatic heterocycles. The Morgan fingerprint density at radius 2 is 0.755 bits per heavy atom. The molecule has 734 valence electrons. The summed E-state index contributed by atoms with van der Waals surface area (Å²) in [4.78, 5) is 154. The molecule has 40 heteroatoms. The van der Waals surface area contributed by atoms with Gasteiger partial charge in [-0.3, -0.25) is 78.3 Å². The molecule has 8 aliphatic heterocycles. The molecule has 4 aromatic carbocycles. The number of H-pyrrole nitrogens is 2. The number of amides is 6. The van der Waals surface area contributed by atoms with E-state index in [9.17, 15) is 38.4 Å². The van der Waals surface area contributed by atoms with Gasteiger partial charge in [0.25, 0.3) is 22.9 Å². The van der Waals surface area contributed by atoms with Crippen molar-refractivity contribution in [2.45, 2.75) is 227 Å². The van der Waals surface area contributed by atoms with Gasteiger partial charge in [0.05, 0.1) is 47.3 Å². The van der Waals surface area contributed by atoms with Crippen LogP contribution < -0.4 is 51.7 Å². The van der Waals surface area contributed by atoms with Gasteiger partial charge in [0.1, 0.15) is 70.4 Å². The highest BCUT2D eigenvalue weighted by Gasteiger charge is 2.76. The second-order valence-electron chi connectivity index (χ2n) is 37.4. The lowest BCUT2D eigenvalue weighted by Gasteiger charge is -2.38. The van der Waals surface area contributed by atoms with Crippen LogP contribution in [-0.4, -0.2) is 166 Å². The van der Waals surface area contributed by atoms with Gasteiger partial charge in [0.2, 0.25) is 47.4 Å². The third kappa shape index (κ3) is 16.3. The summed E-state index contributed by atoms with van der Waals surface area (Å²) >= 11 is 0. The van der Waals surface area contributed by atoms with Crippen molar-refractivity contribution in [3.63, 3.8) is 0 Å². The zero-order valence-corrected chi connectivity index (χ0v) is 80.0. The molecular weight excluding hydrogens is 1790 g/mol. The first-order chi connectivity index (χ1) is 66.6. The monoisotopic (exact) mass is 1900 g/mol. The maximum Gasteiger partial charge on any atom is 0.425 e. The van der Waals surface area contributed by atoms with Crippen LogP contribution in [0.4, 0.5) is 56.1 Å². The van der Waals surface area contributed by atoms with Crippen LogP contribution in [0, 0.1) is 47.3 Å². The summed E-state index contributed by atoms with van der Waals surface area (Å²) in [6.45, 7) is 42.8. The van der Waals surface area contributed by atoms with Crippen molar-refractivity contribution in [3.05, 3.63) is 204 Å². The number of para-hydroxylation sites is 4. The molecule has 40 nitrogen and oxygen atoms in total. The number of imidazole rings is 4. The molecular formula is C99H120N22O18. The smallest absolute Gasteiger partial charge is 0.425 e. The second-order valence-corrected chi connectivity index (χ2v) is 37.4. The van der Waals surface area contributed by atoms with E-state index in [0.717, 1.165) is 32.1 Å². The second kappa shape index (κ2) is 36.8. The first-order valence-corrected chi connectivity index (χ1v) is 46.9. The quantitative estimate of drug-likeness (QED) is 0.0367. The predicted octanol–water partition coefficient (Wildman–Crippen LogP) is 16.9. The number of anilines is 8. The maximum atomic E-state index is 13.8. The summed E-state index contributed by atoms with van der Waals surface area (Å²) in [5, 5.41) is 10.7. The number of nitrogens with one attached hydrogen (secondary N) is 6. The number of ether oxygens (including phenoxy) is 10. The molecule has 4 unspecified atom stereocenters. The van der Waals surface area contributed by atoms with E-state index in [4.69, 9.17) is 47.4 Å². The number of hydrogen-bond donors (Lipinski definition) is 6.